The maximum Gasteiger partial charge on any atom is 0.271 e. The summed E-state index contributed by atoms with van der Waals surface area (Å²) in [6, 6.07) is 5.50. The largest absolute Gasteiger partial charge is 0.271 e. The Bertz CT molecular complexity index is 413. The Kier molecular flexibility index (Phi) is 4.17. The molecule has 1 rings (SSSR count). The molecule has 1 aromatic rings. The zero-order valence-electron chi connectivity index (χ0n) is 9.62. The maximum absolute atomic E-state index is 12.8. The van der Waals surface area contributed by atoms with Crippen LogP contribution in [-0.4, -0.2) is 11.6 Å². The van der Waals surface area contributed by atoms with Crippen molar-refractivity contribution in [3.63, 3.8) is 0 Å². The van der Waals surface area contributed by atoms with Crippen LogP contribution in [-0.2, 0) is 0 Å². The number of nitrogens with zero attached hydrogens (tertiary/aromatic N) is 1. The SMILES string of the molecule is C/C(=N\NC(=O)c1cccc(F)c1)C(C)C. The minimum Gasteiger partial charge on any atom is -0.267 e. The van der Waals surface area contributed by atoms with Gasteiger partial charge in [-0.3, -0.25) is 4.79 Å². The molecule has 0 atom stereocenters. The van der Waals surface area contributed by atoms with Gasteiger partial charge in [0, 0.05) is 11.3 Å². The predicted octanol–water partition coefficient (Wildman–Crippen LogP) is 2.59. The smallest absolute Gasteiger partial charge is 0.267 e. The molecule has 1 aromatic carbocycles. The number of carbonyl (C=O) groups is 1. The van der Waals surface area contributed by atoms with Gasteiger partial charge < -0.3 is 0 Å². The molecule has 0 spiro atoms. The van der Waals surface area contributed by atoms with Crippen LogP contribution in [0, 0.1) is 11.7 Å². The molecule has 4 heteroatoms. The molecule has 3 nitrogen and oxygen atoms in total. The second kappa shape index (κ2) is 5.39. The zero-order chi connectivity index (χ0) is 12.1. The highest BCUT2D eigenvalue weighted by atomic mass is 19.1. The van der Waals surface area contributed by atoms with Gasteiger partial charge in [0.25, 0.3) is 5.91 Å². The van der Waals surface area contributed by atoms with Crippen LogP contribution < -0.4 is 5.43 Å². The molecule has 0 aliphatic heterocycles. The summed E-state index contributed by atoms with van der Waals surface area (Å²) in [5.41, 5.74) is 3.48. The maximum atomic E-state index is 12.8. The summed E-state index contributed by atoms with van der Waals surface area (Å²) in [4.78, 5) is 11.5. The molecule has 0 radical (unpaired) electrons. The van der Waals surface area contributed by atoms with Crippen LogP contribution in [0.4, 0.5) is 4.39 Å². The number of hydrogen-bond donors (Lipinski definition) is 1. The quantitative estimate of drug-likeness (QED) is 0.619. The standard InChI is InChI=1S/C12H15FN2O/c1-8(2)9(3)14-15-12(16)10-5-4-6-11(13)7-10/h4-8H,1-3H3,(H,15,16)/b14-9+. The molecule has 0 aliphatic carbocycles. The van der Waals surface area contributed by atoms with Crippen LogP contribution in [0.5, 0.6) is 0 Å². The Balaban J connectivity index is 2.70. The lowest BCUT2D eigenvalue weighted by molar-refractivity contribution is 0.0954. The Labute approximate surface area is 94.4 Å². The highest BCUT2D eigenvalue weighted by Gasteiger charge is 2.05. The highest BCUT2D eigenvalue weighted by molar-refractivity contribution is 5.95. The van der Waals surface area contributed by atoms with Crippen molar-refractivity contribution in [3.05, 3.63) is 35.6 Å². The lowest BCUT2D eigenvalue weighted by Gasteiger charge is -2.04. The van der Waals surface area contributed by atoms with Crippen LogP contribution in [0.1, 0.15) is 31.1 Å². The van der Waals surface area contributed by atoms with E-state index in [0.29, 0.717) is 0 Å². The van der Waals surface area contributed by atoms with Crippen molar-refractivity contribution in [1.29, 1.82) is 0 Å². The van der Waals surface area contributed by atoms with E-state index in [9.17, 15) is 9.18 Å². The van der Waals surface area contributed by atoms with Gasteiger partial charge in [0.1, 0.15) is 5.82 Å². The molecule has 0 unspecified atom stereocenters. The first-order valence-corrected chi connectivity index (χ1v) is 5.11. The van der Waals surface area contributed by atoms with Gasteiger partial charge in [-0.1, -0.05) is 19.9 Å². The molecular formula is C12H15FN2O. The van der Waals surface area contributed by atoms with Gasteiger partial charge in [0.05, 0.1) is 0 Å². The second-order valence-electron chi connectivity index (χ2n) is 3.86. The van der Waals surface area contributed by atoms with Crippen LogP contribution >= 0.6 is 0 Å². The average Bonchev–Trinajstić information content (AvgIpc) is 2.25. The van der Waals surface area contributed by atoms with Gasteiger partial charge in [0.15, 0.2) is 0 Å². The molecule has 16 heavy (non-hydrogen) atoms. The average molecular weight is 222 g/mol. The van der Waals surface area contributed by atoms with E-state index in [-0.39, 0.29) is 11.5 Å². The van der Waals surface area contributed by atoms with E-state index in [0.717, 1.165) is 5.71 Å². The van der Waals surface area contributed by atoms with Crippen molar-refractivity contribution in [2.24, 2.45) is 11.0 Å². The molecule has 0 heterocycles. The number of hydrazone groups is 1. The minimum absolute atomic E-state index is 0.264. The fourth-order valence-electron chi connectivity index (χ4n) is 0.962. The first-order chi connectivity index (χ1) is 7.50. The van der Waals surface area contributed by atoms with E-state index in [1.807, 2.05) is 20.8 Å². The number of nitrogens with one attached hydrogen (secondary N) is 1. The Hall–Kier alpha value is -1.71. The van der Waals surface area contributed by atoms with Gasteiger partial charge in [0.2, 0.25) is 0 Å². The summed E-state index contributed by atoms with van der Waals surface area (Å²) in [6.07, 6.45) is 0. The van der Waals surface area contributed by atoms with E-state index in [4.69, 9.17) is 0 Å². The molecule has 0 saturated carbocycles. The Morgan fingerprint density at radius 2 is 2.12 bits per heavy atom. The summed E-state index contributed by atoms with van der Waals surface area (Å²) >= 11 is 0. The molecule has 0 fully saturated rings. The molecule has 1 amide bonds. The number of amides is 1. The summed E-state index contributed by atoms with van der Waals surface area (Å²) in [5, 5.41) is 3.92. The molecule has 0 aliphatic rings. The normalized spacial score (nSPS) is 11.7. The van der Waals surface area contributed by atoms with Crippen molar-refractivity contribution in [2.45, 2.75) is 20.8 Å². The van der Waals surface area contributed by atoms with E-state index in [1.54, 1.807) is 6.07 Å². The van der Waals surface area contributed by atoms with E-state index < -0.39 is 11.7 Å². The summed E-state index contributed by atoms with van der Waals surface area (Å²) in [5.74, 6) is -0.565. The van der Waals surface area contributed by atoms with Gasteiger partial charge in [-0.05, 0) is 31.0 Å². The minimum atomic E-state index is -0.433. The monoisotopic (exact) mass is 222 g/mol. The van der Waals surface area contributed by atoms with Crippen molar-refractivity contribution in [1.82, 2.24) is 5.43 Å². The number of benzene rings is 1. The summed E-state index contributed by atoms with van der Waals surface area (Å²) < 4.78 is 12.8. The van der Waals surface area contributed by atoms with Crippen molar-refractivity contribution >= 4 is 11.6 Å². The van der Waals surface area contributed by atoms with Gasteiger partial charge in [-0.15, -0.1) is 0 Å². The number of carbonyl (C=O) groups excluding carboxylic acids is 1. The van der Waals surface area contributed by atoms with Crippen LogP contribution in [0.2, 0.25) is 0 Å². The fraction of sp³-hybridized carbons (Fsp3) is 0.333. The summed E-state index contributed by atoms with van der Waals surface area (Å²) in [6.45, 7) is 5.79. The van der Waals surface area contributed by atoms with Crippen molar-refractivity contribution in [2.75, 3.05) is 0 Å². The number of halogens is 1. The van der Waals surface area contributed by atoms with E-state index in [2.05, 4.69) is 10.5 Å². The molecule has 86 valence electrons. The topological polar surface area (TPSA) is 41.5 Å². The fourth-order valence-corrected chi connectivity index (χ4v) is 0.962. The third-order valence-electron chi connectivity index (χ3n) is 2.26. The van der Waals surface area contributed by atoms with E-state index in [1.165, 1.54) is 18.2 Å². The zero-order valence-corrected chi connectivity index (χ0v) is 9.62. The lowest BCUT2D eigenvalue weighted by atomic mass is 10.1. The van der Waals surface area contributed by atoms with Crippen LogP contribution in [0.15, 0.2) is 29.4 Å². The van der Waals surface area contributed by atoms with Gasteiger partial charge >= 0.3 is 0 Å². The lowest BCUT2D eigenvalue weighted by Crippen LogP contribution is -2.20. The molecule has 0 bridgehead atoms. The first-order valence-electron chi connectivity index (χ1n) is 5.11. The summed E-state index contributed by atoms with van der Waals surface area (Å²) in [7, 11) is 0. The number of rotatable bonds is 3. The van der Waals surface area contributed by atoms with Gasteiger partial charge in [-0.2, -0.15) is 5.10 Å². The Morgan fingerprint density at radius 3 is 2.69 bits per heavy atom. The van der Waals surface area contributed by atoms with E-state index >= 15 is 0 Å². The van der Waals surface area contributed by atoms with Gasteiger partial charge in [-0.25, -0.2) is 9.82 Å². The third-order valence-corrected chi connectivity index (χ3v) is 2.26. The van der Waals surface area contributed by atoms with Crippen molar-refractivity contribution in [3.8, 4) is 0 Å². The molecule has 1 N–H and O–H groups in total. The first kappa shape index (κ1) is 12.4. The molecule has 0 saturated heterocycles. The number of hydrogen-bond acceptors (Lipinski definition) is 2. The predicted molar refractivity (Wildman–Crippen MR) is 61.8 cm³/mol. The second-order valence-corrected chi connectivity index (χ2v) is 3.86. The van der Waals surface area contributed by atoms with Crippen LogP contribution in [0.25, 0.3) is 0 Å². The van der Waals surface area contributed by atoms with Crippen LogP contribution in [0.3, 0.4) is 0 Å². The third kappa shape index (κ3) is 3.46. The van der Waals surface area contributed by atoms with Crippen molar-refractivity contribution < 1.29 is 9.18 Å². The molecule has 0 aromatic heterocycles. The Morgan fingerprint density at radius 1 is 1.44 bits per heavy atom. The molecular weight excluding hydrogens is 207 g/mol. The highest BCUT2D eigenvalue weighted by Crippen LogP contribution is 2.03.